The molecule has 96 valence electrons. The molecule has 0 fully saturated rings. The van der Waals surface area contributed by atoms with Crippen molar-refractivity contribution in [3.63, 3.8) is 0 Å². The molecule has 0 saturated carbocycles. The summed E-state index contributed by atoms with van der Waals surface area (Å²) in [7, 11) is 3.95. The predicted molar refractivity (Wildman–Crippen MR) is 80.2 cm³/mol. The smallest absolute Gasteiger partial charge is 0.103 e. The van der Waals surface area contributed by atoms with Crippen LogP contribution in [0.4, 0.5) is 17.1 Å². The molecule has 0 atom stereocenters. The van der Waals surface area contributed by atoms with Crippen molar-refractivity contribution >= 4 is 28.7 Å². The van der Waals surface area contributed by atoms with Crippen LogP contribution in [0, 0.1) is 11.3 Å². The number of hydrogen-bond donors (Lipinski definition) is 1. The Morgan fingerprint density at radius 3 is 2.42 bits per heavy atom. The lowest BCUT2D eigenvalue weighted by molar-refractivity contribution is 1.13. The molecule has 2 aromatic rings. The first kappa shape index (κ1) is 13.3. The first-order valence-corrected chi connectivity index (χ1v) is 6.23. The van der Waals surface area contributed by atoms with Crippen LogP contribution < -0.4 is 10.2 Å². The largest absolute Gasteiger partial charge is 0.376 e. The molecule has 0 aliphatic rings. The fraction of sp³-hybridized carbons (Fsp3) is 0.133. The molecule has 0 aromatic heterocycles. The number of anilines is 3. The highest BCUT2D eigenvalue weighted by Crippen LogP contribution is 2.30. The van der Waals surface area contributed by atoms with Crippen LogP contribution in [0.3, 0.4) is 0 Å². The van der Waals surface area contributed by atoms with Crippen molar-refractivity contribution in [1.82, 2.24) is 0 Å². The third kappa shape index (κ3) is 2.81. The summed E-state index contributed by atoms with van der Waals surface area (Å²) >= 11 is 6.03. The number of rotatable bonds is 3. The minimum atomic E-state index is 0.454. The molecule has 2 aromatic carbocycles. The van der Waals surface area contributed by atoms with Crippen molar-refractivity contribution in [2.24, 2.45) is 0 Å². The molecule has 0 unspecified atom stereocenters. The summed E-state index contributed by atoms with van der Waals surface area (Å²) in [6.07, 6.45) is 0. The molecule has 0 aliphatic heterocycles. The van der Waals surface area contributed by atoms with Crippen LogP contribution in [0.25, 0.3) is 0 Å². The quantitative estimate of drug-likeness (QED) is 0.916. The Balaban J connectivity index is 2.43. The molecule has 0 saturated heterocycles. The molecule has 0 radical (unpaired) electrons. The second-order valence-corrected chi connectivity index (χ2v) is 4.72. The Hall–Kier alpha value is -2.18. The molecular formula is C15H14ClN3. The fourth-order valence-electron chi connectivity index (χ4n) is 1.86. The van der Waals surface area contributed by atoms with Gasteiger partial charge in [0, 0.05) is 14.1 Å². The molecule has 0 amide bonds. The maximum atomic E-state index is 9.17. The maximum absolute atomic E-state index is 9.17. The van der Waals surface area contributed by atoms with Crippen LogP contribution in [-0.4, -0.2) is 14.1 Å². The molecule has 0 bridgehead atoms. The number of nitriles is 1. The van der Waals surface area contributed by atoms with Gasteiger partial charge in [0.1, 0.15) is 6.07 Å². The first-order chi connectivity index (χ1) is 9.13. The van der Waals surface area contributed by atoms with E-state index < -0.39 is 0 Å². The summed E-state index contributed by atoms with van der Waals surface area (Å²) in [5.41, 5.74) is 3.15. The number of benzene rings is 2. The van der Waals surface area contributed by atoms with Gasteiger partial charge in [0.25, 0.3) is 0 Å². The third-order valence-corrected chi connectivity index (χ3v) is 3.10. The number of nitrogens with one attached hydrogen (secondary N) is 1. The van der Waals surface area contributed by atoms with E-state index in [0.29, 0.717) is 16.3 Å². The Morgan fingerprint density at radius 1 is 1.05 bits per heavy atom. The van der Waals surface area contributed by atoms with Crippen LogP contribution in [-0.2, 0) is 0 Å². The van der Waals surface area contributed by atoms with E-state index in [-0.39, 0.29) is 0 Å². The van der Waals surface area contributed by atoms with E-state index in [1.807, 2.05) is 55.4 Å². The second-order valence-electron chi connectivity index (χ2n) is 4.31. The van der Waals surface area contributed by atoms with Gasteiger partial charge in [0.2, 0.25) is 0 Å². The van der Waals surface area contributed by atoms with Gasteiger partial charge >= 0.3 is 0 Å². The Morgan fingerprint density at radius 2 is 1.74 bits per heavy atom. The summed E-state index contributed by atoms with van der Waals surface area (Å²) in [4.78, 5) is 2.01. The van der Waals surface area contributed by atoms with Crippen LogP contribution in [0.15, 0.2) is 42.5 Å². The topological polar surface area (TPSA) is 39.1 Å². The average molecular weight is 272 g/mol. The monoisotopic (exact) mass is 271 g/mol. The highest BCUT2D eigenvalue weighted by Gasteiger charge is 2.09. The Bertz CT molecular complexity index is 630. The zero-order valence-corrected chi connectivity index (χ0v) is 11.6. The van der Waals surface area contributed by atoms with Gasteiger partial charge in [-0.2, -0.15) is 5.26 Å². The highest BCUT2D eigenvalue weighted by molar-refractivity contribution is 6.32. The molecule has 1 N–H and O–H groups in total. The van der Waals surface area contributed by atoms with Crippen molar-refractivity contribution in [2.45, 2.75) is 0 Å². The summed E-state index contributed by atoms with van der Waals surface area (Å²) in [5, 5.41) is 12.9. The molecule has 0 aliphatic carbocycles. The predicted octanol–water partition coefficient (Wildman–Crippen LogP) is 4.02. The summed E-state index contributed by atoms with van der Waals surface area (Å²) < 4.78 is 0. The van der Waals surface area contributed by atoms with E-state index >= 15 is 0 Å². The highest BCUT2D eigenvalue weighted by atomic mass is 35.5. The molecule has 19 heavy (non-hydrogen) atoms. The lowest BCUT2D eigenvalue weighted by Gasteiger charge is -2.19. The summed E-state index contributed by atoms with van der Waals surface area (Å²) in [5.74, 6) is 0. The zero-order chi connectivity index (χ0) is 13.8. The number of para-hydroxylation sites is 2. The van der Waals surface area contributed by atoms with Crippen LogP contribution >= 0.6 is 11.6 Å². The number of halogens is 1. The molecule has 0 heterocycles. The standard InChI is InChI=1S/C15H14ClN3/c1-19(2)15-9-4-3-7-14(15)18-13-8-5-6-12(16)11(13)10-17/h3-9,18H,1-2H3. The van der Waals surface area contributed by atoms with Crippen molar-refractivity contribution < 1.29 is 0 Å². The minimum absolute atomic E-state index is 0.454. The fourth-order valence-corrected chi connectivity index (χ4v) is 2.07. The molecule has 3 nitrogen and oxygen atoms in total. The second kappa shape index (κ2) is 5.64. The minimum Gasteiger partial charge on any atom is -0.376 e. The molecule has 2 rings (SSSR count). The average Bonchev–Trinajstić information content (AvgIpc) is 2.39. The van der Waals surface area contributed by atoms with Gasteiger partial charge in [0.05, 0.1) is 27.6 Å². The molecular weight excluding hydrogens is 258 g/mol. The van der Waals surface area contributed by atoms with Gasteiger partial charge in [-0.1, -0.05) is 29.8 Å². The van der Waals surface area contributed by atoms with Gasteiger partial charge in [-0.15, -0.1) is 0 Å². The van der Waals surface area contributed by atoms with Crippen molar-refractivity contribution in [2.75, 3.05) is 24.3 Å². The molecule has 4 heteroatoms. The van der Waals surface area contributed by atoms with E-state index in [2.05, 4.69) is 11.4 Å². The number of hydrogen-bond acceptors (Lipinski definition) is 3. The van der Waals surface area contributed by atoms with Crippen LogP contribution in [0.1, 0.15) is 5.56 Å². The van der Waals surface area contributed by atoms with Gasteiger partial charge in [0.15, 0.2) is 0 Å². The van der Waals surface area contributed by atoms with Gasteiger partial charge in [-0.25, -0.2) is 0 Å². The lowest BCUT2D eigenvalue weighted by atomic mass is 10.1. The van der Waals surface area contributed by atoms with Crippen molar-refractivity contribution in [3.8, 4) is 6.07 Å². The maximum Gasteiger partial charge on any atom is 0.103 e. The zero-order valence-electron chi connectivity index (χ0n) is 10.8. The van der Waals surface area contributed by atoms with Gasteiger partial charge < -0.3 is 10.2 Å². The lowest BCUT2D eigenvalue weighted by Crippen LogP contribution is -2.10. The Labute approximate surface area is 118 Å². The van der Waals surface area contributed by atoms with E-state index in [9.17, 15) is 5.26 Å². The van der Waals surface area contributed by atoms with E-state index in [0.717, 1.165) is 11.4 Å². The molecule has 0 spiro atoms. The van der Waals surface area contributed by atoms with Crippen LogP contribution in [0.5, 0.6) is 0 Å². The summed E-state index contributed by atoms with van der Waals surface area (Å²) in [6.45, 7) is 0. The first-order valence-electron chi connectivity index (χ1n) is 5.85. The van der Waals surface area contributed by atoms with E-state index in [1.165, 1.54) is 0 Å². The normalized spacial score (nSPS) is 9.79. The van der Waals surface area contributed by atoms with Crippen molar-refractivity contribution in [1.29, 1.82) is 5.26 Å². The SMILES string of the molecule is CN(C)c1ccccc1Nc1cccc(Cl)c1C#N. The van der Waals surface area contributed by atoms with E-state index in [4.69, 9.17) is 11.6 Å². The van der Waals surface area contributed by atoms with Crippen molar-refractivity contribution in [3.05, 3.63) is 53.1 Å². The Kier molecular flexibility index (Phi) is 3.94. The number of nitrogens with zero attached hydrogens (tertiary/aromatic N) is 2. The van der Waals surface area contributed by atoms with E-state index in [1.54, 1.807) is 6.07 Å². The van der Waals surface area contributed by atoms with Gasteiger partial charge in [-0.05, 0) is 24.3 Å². The van der Waals surface area contributed by atoms with Gasteiger partial charge in [-0.3, -0.25) is 0 Å². The summed E-state index contributed by atoms with van der Waals surface area (Å²) in [6, 6.07) is 15.4. The third-order valence-electron chi connectivity index (χ3n) is 2.78. The van der Waals surface area contributed by atoms with Crippen LogP contribution in [0.2, 0.25) is 5.02 Å².